The molecule has 0 bridgehead atoms. The Morgan fingerprint density at radius 3 is 1.73 bits per heavy atom. The van der Waals surface area contributed by atoms with E-state index in [4.69, 9.17) is 9.47 Å². The maximum absolute atomic E-state index is 12.0. The number of hydrogen-bond donors (Lipinski definition) is 3. The molecule has 0 saturated carbocycles. The Labute approximate surface area is 191 Å². The van der Waals surface area contributed by atoms with Crippen LogP contribution in [0.25, 0.3) is 0 Å². The first-order valence-corrected chi connectivity index (χ1v) is 10.3. The molecule has 0 heterocycles. The molecule has 8 nitrogen and oxygen atoms in total. The molecular formula is C25H24N2O6. The molecule has 8 heteroatoms. The van der Waals surface area contributed by atoms with E-state index in [1.807, 2.05) is 48.5 Å². The lowest BCUT2D eigenvalue weighted by atomic mass is 10.1. The molecule has 0 spiro atoms. The number of anilines is 1. The van der Waals surface area contributed by atoms with Crippen LogP contribution in [0.1, 0.15) is 16.7 Å². The SMILES string of the molecule is O=C(Nc1ccc(C[C@H](NC(=O)OCc2ccccc2)C(=O)O)cc1)OCc1ccccc1. The molecule has 0 aliphatic carbocycles. The summed E-state index contributed by atoms with van der Waals surface area (Å²) in [7, 11) is 0. The summed E-state index contributed by atoms with van der Waals surface area (Å²) in [6, 6.07) is 23.8. The van der Waals surface area contributed by atoms with Crippen LogP contribution in [0.5, 0.6) is 0 Å². The van der Waals surface area contributed by atoms with Gasteiger partial charge in [0.05, 0.1) is 0 Å². The molecule has 0 fully saturated rings. The molecule has 3 N–H and O–H groups in total. The summed E-state index contributed by atoms with van der Waals surface area (Å²) in [5.74, 6) is -1.18. The van der Waals surface area contributed by atoms with Gasteiger partial charge in [0.15, 0.2) is 0 Å². The third-order valence-corrected chi connectivity index (χ3v) is 4.66. The van der Waals surface area contributed by atoms with Crippen LogP contribution in [0.2, 0.25) is 0 Å². The van der Waals surface area contributed by atoms with Gasteiger partial charge in [0.1, 0.15) is 19.3 Å². The molecule has 0 radical (unpaired) electrons. The van der Waals surface area contributed by atoms with E-state index in [1.54, 1.807) is 36.4 Å². The van der Waals surface area contributed by atoms with Crippen LogP contribution in [0.3, 0.4) is 0 Å². The average Bonchev–Trinajstić information content (AvgIpc) is 2.83. The third kappa shape index (κ3) is 8.02. The molecule has 0 aliphatic heterocycles. The van der Waals surface area contributed by atoms with Crippen LogP contribution in [0.4, 0.5) is 15.3 Å². The molecule has 0 aliphatic rings. The normalized spacial score (nSPS) is 11.2. The van der Waals surface area contributed by atoms with Gasteiger partial charge in [-0.2, -0.15) is 0 Å². The van der Waals surface area contributed by atoms with E-state index in [0.717, 1.165) is 11.1 Å². The number of rotatable bonds is 9. The summed E-state index contributed by atoms with van der Waals surface area (Å²) in [6.07, 6.45) is -1.36. The quantitative estimate of drug-likeness (QED) is 0.448. The fourth-order valence-electron chi connectivity index (χ4n) is 2.94. The van der Waals surface area contributed by atoms with E-state index in [9.17, 15) is 19.5 Å². The Balaban J connectivity index is 1.47. The van der Waals surface area contributed by atoms with Crippen molar-refractivity contribution in [3.8, 4) is 0 Å². The van der Waals surface area contributed by atoms with E-state index in [0.29, 0.717) is 11.3 Å². The predicted molar refractivity (Wildman–Crippen MR) is 122 cm³/mol. The van der Waals surface area contributed by atoms with E-state index in [1.165, 1.54) is 0 Å². The highest BCUT2D eigenvalue weighted by atomic mass is 16.6. The second-order valence-electron chi connectivity index (χ2n) is 7.18. The molecule has 3 aromatic rings. The van der Waals surface area contributed by atoms with Crippen molar-refractivity contribution < 1.29 is 29.0 Å². The third-order valence-electron chi connectivity index (χ3n) is 4.66. The number of nitrogens with one attached hydrogen (secondary N) is 2. The van der Waals surface area contributed by atoms with Crippen LogP contribution in [-0.2, 0) is 33.9 Å². The first kappa shape index (κ1) is 23.3. The fraction of sp³-hybridized carbons (Fsp3) is 0.160. The van der Waals surface area contributed by atoms with Gasteiger partial charge in [-0.3, -0.25) is 5.32 Å². The Bertz CT molecular complexity index is 1060. The van der Waals surface area contributed by atoms with Gasteiger partial charge < -0.3 is 19.9 Å². The van der Waals surface area contributed by atoms with Crippen LogP contribution in [0.15, 0.2) is 84.9 Å². The highest BCUT2D eigenvalue weighted by Crippen LogP contribution is 2.13. The number of carbonyl (C=O) groups excluding carboxylic acids is 2. The summed E-state index contributed by atoms with van der Waals surface area (Å²) in [5.41, 5.74) is 2.83. The lowest BCUT2D eigenvalue weighted by molar-refractivity contribution is -0.139. The average molecular weight is 448 g/mol. The zero-order chi connectivity index (χ0) is 23.5. The van der Waals surface area contributed by atoms with Crippen LogP contribution in [0, 0.1) is 0 Å². The minimum Gasteiger partial charge on any atom is -0.480 e. The van der Waals surface area contributed by atoms with Gasteiger partial charge in [-0.15, -0.1) is 0 Å². The molecule has 0 aromatic heterocycles. The van der Waals surface area contributed by atoms with Crippen molar-refractivity contribution in [1.29, 1.82) is 0 Å². The van der Waals surface area contributed by atoms with Crippen LogP contribution in [-0.4, -0.2) is 29.3 Å². The van der Waals surface area contributed by atoms with Crippen molar-refractivity contribution in [2.24, 2.45) is 0 Å². The Morgan fingerprint density at radius 1 is 0.697 bits per heavy atom. The second kappa shape index (κ2) is 11.9. The summed E-state index contributed by atoms with van der Waals surface area (Å²) in [6.45, 7) is 0.191. The minimum atomic E-state index is -1.18. The molecule has 2 amide bonds. The van der Waals surface area contributed by atoms with Gasteiger partial charge in [-0.25, -0.2) is 14.4 Å². The minimum absolute atomic E-state index is 0.0414. The summed E-state index contributed by atoms with van der Waals surface area (Å²) in [5, 5.41) is 14.4. The van der Waals surface area contributed by atoms with E-state index in [-0.39, 0.29) is 19.6 Å². The Hall–Kier alpha value is -4.33. The largest absolute Gasteiger partial charge is 0.480 e. The predicted octanol–water partition coefficient (Wildman–Crippen LogP) is 4.36. The number of hydrogen-bond acceptors (Lipinski definition) is 5. The molecular weight excluding hydrogens is 424 g/mol. The summed E-state index contributed by atoms with van der Waals surface area (Å²) in [4.78, 5) is 35.5. The number of amides is 2. The first-order chi connectivity index (χ1) is 16.0. The highest BCUT2D eigenvalue weighted by molar-refractivity contribution is 5.84. The van der Waals surface area contributed by atoms with E-state index < -0.39 is 24.2 Å². The van der Waals surface area contributed by atoms with Gasteiger partial charge in [-0.05, 0) is 28.8 Å². The number of carboxylic acid groups (broad SMARTS) is 1. The number of alkyl carbamates (subject to hydrolysis) is 1. The summed E-state index contributed by atoms with van der Waals surface area (Å²) >= 11 is 0. The summed E-state index contributed by atoms with van der Waals surface area (Å²) < 4.78 is 10.3. The van der Waals surface area contributed by atoms with Crippen molar-refractivity contribution in [2.45, 2.75) is 25.7 Å². The van der Waals surface area contributed by atoms with E-state index in [2.05, 4.69) is 10.6 Å². The zero-order valence-electron chi connectivity index (χ0n) is 17.8. The lowest BCUT2D eigenvalue weighted by Crippen LogP contribution is -2.42. The van der Waals surface area contributed by atoms with Gasteiger partial charge >= 0.3 is 18.2 Å². The number of ether oxygens (including phenoxy) is 2. The van der Waals surface area contributed by atoms with Crippen LogP contribution >= 0.6 is 0 Å². The van der Waals surface area contributed by atoms with Gasteiger partial charge in [0.25, 0.3) is 0 Å². The molecule has 170 valence electrons. The molecule has 0 unspecified atom stereocenters. The highest BCUT2D eigenvalue weighted by Gasteiger charge is 2.21. The first-order valence-electron chi connectivity index (χ1n) is 10.3. The smallest absolute Gasteiger partial charge is 0.411 e. The second-order valence-corrected chi connectivity index (χ2v) is 7.18. The van der Waals surface area contributed by atoms with Gasteiger partial charge in [0, 0.05) is 12.1 Å². The number of benzene rings is 3. The van der Waals surface area contributed by atoms with Crippen molar-refractivity contribution >= 4 is 23.8 Å². The van der Waals surface area contributed by atoms with Gasteiger partial charge in [0.2, 0.25) is 0 Å². The number of aliphatic carboxylic acids is 1. The molecule has 33 heavy (non-hydrogen) atoms. The Morgan fingerprint density at radius 2 is 1.21 bits per heavy atom. The van der Waals surface area contributed by atoms with Crippen molar-refractivity contribution in [3.63, 3.8) is 0 Å². The molecule has 1 atom stereocenters. The lowest BCUT2D eigenvalue weighted by Gasteiger charge is -2.15. The van der Waals surface area contributed by atoms with Crippen LogP contribution < -0.4 is 10.6 Å². The monoisotopic (exact) mass is 448 g/mol. The Kier molecular flexibility index (Phi) is 8.41. The zero-order valence-corrected chi connectivity index (χ0v) is 17.8. The molecule has 3 aromatic carbocycles. The maximum atomic E-state index is 12.0. The number of carbonyl (C=O) groups is 3. The van der Waals surface area contributed by atoms with Crippen molar-refractivity contribution in [1.82, 2.24) is 5.32 Å². The standard InChI is InChI=1S/C25H24N2O6/c28-23(29)22(27-25(31)33-17-20-9-5-2-6-10-20)15-18-11-13-21(14-12-18)26-24(30)32-16-19-7-3-1-4-8-19/h1-14,22H,15-17H2,(H,26,30)(H,27,31)(H,28,29)/t22-/m0/s1. The molecule has 3 rings (SSSR count). The van der Waals surface area contributed by atoms with Gasteiger partial charge in [-0.1, -0.05) is 72.8 Å². The van der Waals surface area contributed by atoms with Crippen molar-refractivity contribution in [3.05, 3.63) is 102 Å². The van der Waals surface area contributed by atoms with E-state index >= 15 is 0 Å². The number of carboxylic acids is 1. The fourth-order valence-corrected chi connectivity index (χ4v) is 2.94. The maximum Gasteiger partial charge on any atom is 0.411 e. The van der Waals surface area contributed by atoms with Crippen molar-refractivity contribution in [2.75, 3.05) is 5.32 Å². The topological polar surface area (TPSA) is 114 Å². The molecule has 0 saturated heterocycles.